The lowest BCUT2D eigenvalue weighted by Gasteiger charge is -2.75. The topological polar surface area (TPSA) is 29.5 Å². The summed E-state index contributed by atoms with van der Waals surface area (Å²) in [6.07, 6.45) is 3.69. The third-order valence-electron chi connectivity index (χ3n) is 5.08. The van der Waals surface area contributed by atoms with Gasteiger partial charge >= 0.3 is 0 Å². The van der Waals surface area contributed by atoms with Gasteiger partial charge in [0, 0.05) is 0 Å². The maximum absolute atomic E-state index is 9.82. The van der Waals surface area contributed by atoms with Gasteiger partial charge in [0.25, 0.3) is 0 Å². The first-order valence-electron chi connectivity index (χ1n) is 6.44. The molecular formula is C13H30O2S. The lowest BCUT2D eigenvalue weighted by atomic mass is 10.2. The Bertz CT molecular complexity index is 236. The first-order chi connectivity index (χ1) is 7.10. The summed E-state index contributed by atoms with van der Waals surface area (Å²) in [7, 11) is -2.54. The van der Waals surface area contributed by atoms with Crippen LogP contribution in [0.1, 0.15) is 60.8 Å². The molecule has 0 radical (unpaired) electrons. The zero-order valence-electron chi connectivity index (χ0n) is 11.8. The van der Waals surface area contributed by atoms with E-state index in [0.29, 0.717) is 0 Å². The van der Waals surface area contributed by atoms with Crippen LogP contribution >= 0.6 is 9.44 Å². The monoisotopic (exact) mass is 250 g/mol. The van der Waals surface area contributed by atoms with E-state index < -0.39 is 9.44 Å². The Balaban J connectivity index is 3.39. The van der Waals surface area contributed by atoms with Crippen LogP contribution in [-0.2, 0) is 4.33 Å². The van der Waals surface area contributed by atoms with Crippen molar-refractivity contribution in [3.8, 4) is 0 Å². The van der Waals surface area contributed by atoms with Crippen molar-refractivity contribution in [1.82, 2.24) is 0 Å². The van der Waals surface area contributed by atoms with Crippen molar-refractivity contribution in [2.24, 2.45) is 0 Å². The summed E-state index contributed by atoms with van der Waals surface area (Å²) in [4.78, 5) is 0. The molecule has 0 unspecified atom stereocenters. The molecule has 100 valence electrons. The highest BCUT2D eigenvalue weighted by Gasteiger charge is 2.60. The molecule has 0 aliphatic carbocycles. The van der Waals surface area contributed by atoms with Gasteiger partial charge in [0.15, 0.2) is 0 Å². The number of thiol groups is 1. The van der Waals surface area contributed by atoms with Gasteiger partial charge in [0.05, 0.1) is 0 Å². The molecule has 0 atom stereocenters. The molecule has 16 heavy (non-hydrogen) atoms. The second kappa shape index (κ2) is 3.89. The molecular weight excluding hydrogens is 220 g/mol. The second-order valence-corrected chi connectivity index (χ2v) is 13.9. The molecule has 0 amide bonds. The number of hydrogen-bond acceptors (Lipinski definition) is 2. The summed E-state index contributed by atoms with van der Waals surface area (Å²) in [6, 6.07) is 0. The summed E-state index contributed by atoms with van der Waals surface area (Å²) in [5, 5.41) is 9.82. The minimum Gasteiger partial charge on any atom is -0.243 e. The SMILES string of the molecule is CC(C)(C)[SH]1(OO)(C(C)(C)C)CCCCC1. The van der Waals surface area contributed by atoms with Crippen LogP contribution in [-0.4, -0.2) is 26.3 Å². The van der Waals surface area contributed by atoms with Crippen molar-refractivity contribution >= 4 is 9.44 Å². The van der Waals surface area contributed by atoms with Gasteiger partial charge in [-0.3, -0.25) is 0 Å². The highest BCUT2D eigenvalue weighted by Crippen LogP contribution is 2.86. The average molecular weight is 250 g/mol. The predicted molar refractivity (Wildman–Crippen MR) is 75.8 cm³/mol. The Kier molecular flexibility index (Phi) is 3.49. The molecule has 0 aromatic carbocycles. The molecule has 1 rings (SSSR count). The second-order valence-electron chi connectivity index (χ2n) is 7.34. The first kappa shape index (κ1) is 14.3. The van der Waals surface area contributed by atoms with Crippen LogP contribution in [0.15, 0.2) is 0 Å². The molecule has 1 fully saturated rings. The van der Waals surface area contributed by atoms with Gasteiger partial charge in [-0.25, -0.2) is 9.59 Å². The van der Waals surface area contributed by atoms with Crippen molar-refractivity contribution in [1.29, 1.82) is 0 Å². The molecule has 1 N–H and O–H groups in total. The molecule has 0 aromatic heterocycles. The van der Waals surface area contributed by atoms with Crippen LogP contribution in [0.5, 0.6) is 0 Å². The highest BCUT2D eigenvalue weighted by atomic mass is 32.3. The van der Waals surface area contributed by atoms with E-state index >= 15 is 0 Å². The average Bonchev–Trinajstić information content (AvgIpc) is 2.15. The van der Waals surface area contributed by atoms with Gasteiger partial charge in [0.2, 0.25) is 0 Å². The van der Waals surface area contributed by atoms with Gasteiger partial charge in [-0.05, 0) is 33.8 Å². The first-order valence-corrected chi connectivity index (χ1v) is 8.97. The quantitative estimate of drug-likeness (QED) is 0.414. The summed E-state index contributed by atoms with van der Waals surface area (Å²) in [5.74, 6) is 2.16. The summed E-state index contributed by atoms with van der Waals surface area (Å²) < 4.78 is 5.54. The van der Waals surface area contributed by atoms with Crippen LogP contribution in [0, 0.1) is 0 Å². The van der Waals surface area contributed by atoms with E-state index in [1.54, 1.807) is 0 Å². The van der Waals surface area contributed by atoms with E-state index in [0.717, 1.165) is 11.5 Å². The molecule has 3 heteroatoms. The molecule has 0 aromatic rings. The lowest BCUT2D eigenvalue weighted by molar-refractivity contribution is -0.134. The smallest absolute Gasteiger partial charge is 0.000456 e. The third-order valence-corrected chi connectivity index (χ3v) is 14.2. The Morgan fingerprint density at radius 1 is 0.812 bits per heavy atom. The van der Waals surface area contributed by atoms with Crippen molar-refractivity contribution in [3.63, 3.8) is 0 Å². The predicted octanol–water partition coefficient (Wildman–Crippen LogP) is 4.24. The van der Waals surface area contributed by atoms with Crippen LogP contribution in [0.2, 0.25) is 0 Å². The van der Waals surface area contributed by atoms with Crippen LogP contribution in [0.3, 0.4) is 0 Å². The number of rotatable bonds is 1. The largest absolute Gasteiger partial charge is 0.243 e. The van der Waals surface area contributed by atoms with Crippen LogP contribution in [0.25, 0.3) is 0 Å². The normalized spacial score (nSPS) is 28.1. The summed E-state index contributed by atoms with van der Waals surface area (Å²) in [6.45, 7) is 13.5. The fraction of sp³-hybridized carbons (Fsp3) is 1.00. The molecule has 0 bridgehead atoms. The minimum atomic E-state index is -2.54. The Morgan fingerprint density at radius 2 is 1.19 bits per heavy atom. The number of hydrogen-bond donors (Lipinski definition) is 2. The summed E-state index contributed by atoms with van der Waals surface area (Å²) in [5.41, 5.74) is 0. The summed E-state index contributed by atoms with van der Waals surface area (Å²) >= 11 is 0. The van der Waals surface area contributed by atoms with Crippen molar-refractivity contribution in [2.45, 2.75) is 70.3 Å². The van der Waals surface area contributed by atoms with Gasteiger partial charge < -0.3 is 0 Å². The van der Waals surface area contributed by atoms with Crippen molar-refractivity contribution in [3.05, 3.63) is 0 Å². The minimum absolute atomic E-state index is 0.0546. The van der Waals surface area contributed by atoms with Crippen LogP contribution in [0.4, 0.5) is 0 Å². The molecule has 0 spiro atoms. The van der Waals surface area contributed by atoms with E-state index in [-0.39, 0.29) is 9.49 Å². The fourth-order valence-corrected chi connectivity index (χ4v) is 11.2. The Morgan fingerprint density at radius 3 is 1.38 bits per heavy atom. The van der Waals surface area contributed by atoms with Gasteiger partial charge in [0.1, 0.15) is 0 Å². The standard InChI is InChI=1S/C13H30O2S/c1-12(2,3)16(15-14,13(4,5)6)10-8-7-9-11-16/h14,16H,7-11H2,1-6H3. The van der Waals surface area contributed by atoms with Gasteiger partial charge in [-0.1, -0.05) is 48.0 Å². The van der Waals surface area contributed by atoms with E-state index in [1.807, 2.05) is 0 Å². The van der Waals surface area contributed by atoms with Gasteiger partial charge in [-0.15, -0.1) is 0 Å². The van der Waals surface area contributed by atoms with E-state index in [4.69, 9.17) is 4.33 Å². The highest BCUT2D eigenvalue weighted by molar-refractivity contribution is 8.47. The Hall–Kier alpha value is 0.270. The van der Waals surface area contributed by atoms with E-state index in [2.05, 4.69) is 41.5 Å². The van der Waals surface area contributed by atoms with Crippen molar-refractivity contribution < 1.29 is 9.59 Å². The molecule has 1 saturated heterocycles. The maximum Gasteiger partial charge on any atom is -0.000456 e. The molecule has 1 heterocycles. The molecule has 2 nitrogen and oxygen atoms in total. The third kappa shape index (κ3) is 1.55. The Labute approximate surface area is 101 Å². The lowest BCUT2D eigenvalue weighted by Crippen LogP contribution is -2.55. The fourth-order valence-electron chi connectivity index (χ4n) is 3.86. The zero-order chi connectivity index (χ0) is 12.7. The van der Waals surface area contributed by atoms with Crippen LogP contribution < -0.4 is 0 Å². The molecule has 1 aliphatic rings. The maximum atomic E-state index is 9.82. The van der Waals surface area contributed by atoms with E-state index in [1.165, 1.54) is 19.3 Å². The van der Waals surface area contributed by atoms with Gasteiger partial charge in [-0.2, -0.15) is 9.44 Å². The van der Waals surface area contributed by atoms with E-state index in [9.17, 15) is 5.26 Å². The zero-order valence-corrected chi connectivity index (χ0v) is 12.7. The van der Waals surface area contributed by atoms with Crippen molar-refractivity contribution in [2.75, 3.05) is 11.5 Å². The molecule has 1 aliphatic heterocycles. The molecule has 0 saturated carbocycles.